The van der Waals surface area contributed by atoms with E-state index in [1.165, 1.54) is 0 Å². The van der Waals surface area contributed by atoms with Crippen molar-refractivity contribution in [3.63, 3.8) is 0 Å². The Kier molecular flexibility index (Phi) is 4.62. The number of ether oxygens (including phenoxy) is 4. The fourth-order valence-electron chi connectivity index (χ4n) is 1.11. The highest BCUT2D eigenvalue weighted by Crippen LogP contribution is 2.35. The van der Waals surface area contributed by atoms with E-state index in [-0.39, 0.29) is 0 Å². The minimum atomic E-state index is -2.61. The Morgan fingerprint density at radius 1 is 0.733 bits per heavy atom. The van der Waals surface area contributed by atoms with Crippen LogP contribution in [-0.4, -0.2) is 61.3 Å². The Bertz CT molecular complexity index is 201. The molecule has 0 aromatic heterocycles. The van der Waals surface area contributed by atoms with E-state index in [2.05, 4.69) is 18.9 Å². The molecule has 0 saturated heterocycles. The first-order valence-corrected chi connectivity index (χ1v) is 4.12. The highest BCUT2D eigenvalue weighted by molar-refractivity contribution is 4.89. The molecule has 2 unspecified atom stereocenters. The van der Waals surface area contributed by atoms with Crippen molar-refractivity contribution in [3.8, 4) is 0 Å². The van der Waals surface area contributed by atoms with E-state index < -0.39 is 17.5 Å². The average molecular weight is 226 g/mol. The number of methoxy groups -OCH3 is 4. The SMILES string of the molecule is COC(C)(O)C(O)(OC)C(O)(OC)OC. The molecule has 0 heterocycles. The normalized spacial score (nSPS) is 20.8. The largest absolute Gasteiger partial charge is 0.361 e. The van der Waals surface area contributed by atoms with Gasteiger partial charge < -0.3 is 34.3 Å². The summed E-state index contributed by atoms with van der Waals surface area (Å²) in [6.07, 6.45) is 0. The fraction of sp³-hybridized carbons (Fsp3) is 1.00. The molecule has 0 saturated carbocycles. The van der Waals surface area contributed by atoms with Crippen LogP contribution in [0, 0.1) is 0 Å². The zero-order valence-corrected chi connectivity index (χ0v) is 9.47. The molecule has 7 nitrogen and oxygen atoms in total. The minimum absolute atomic E-state index is 1.05. The summed E-state index contributed by atoms with van der Waals surface area (Å²) in [7, 11) is 4.31. The maximum Gasteiger partial charge on any atom is 0.343 e. The van der Waals surface area contributed by atoms with Gasteiger partial charge in [-0.3, -0.25) is 0 Å². The molecule has 0 rings (SSSR count). The molecule has 0 aliphatic carbocycles. The summed E-state index contributed by atoms with van der Waals surface area (Å²) in [5, 5.41) is 29.4. The highest BCUT2D eigenvalue weighted by Gasteiger charge is 2.64. The van der Waals surface area contributed by atoms with Crippen molar-refractivity contribution in [2.45, 2.75) is 24.5 Å². The van der Waals surface area contributed by atoms with E-state index >= 15 is 0 Å². The van der Waals surface area contributed by atoms with E-state index in [1.807, 2.05) is 0 Å². The Morgan fingerprint density at radius 3 is 1.33 bits per heavy atom. The van der Waals surface area contributed by atoms with Crippen molar-refractivity contribution in [2.75, 3.05) is 28.4 Å². The zero-order chi connectivity index (χ0) is 12.3. The van der Waals surface area contributed by atoms with E-state index in [4.69, 9.17) is 0 Å². The standard InChI is InChI=1S/C8H18O7/c1-6(9,12-2)7(10,13-3)8(11,14-4)15-5/h9-11H,1-5H3. The van der Waals surface area contributed by atoms with Gasteiger partial charge in [0.05, 0.1) is 0 Å². The van der Waals surface area contributed by atoms with Gasteiger partial charge in [-0.15, -0.1) is 0 Å². The van der Waals surface area contributed by atoms with Gasteiger partial charge in [-0.25, -0.2) is 0 Å². The van der Waals surface area contributed by atoms with Gasteiger partial charge in [0.1, 0.15) is 0 Å². The van der Waals surface area contributed by atoms with Crippen LogP contribution in [0.15, 0.2) is 0 Å². The molecular formula is C8H18O7. The van der Waals surface area contributed by atoms with Crippen LogP contribution >= 0.6 is 0 Å². The van der Waals surface area contributed by atoms with Crippen molar-refractivity contribution >= 4 is 0 Å². The fourth-order valence-corrected chi connectivity index (χ4v) is 1.11. The van der Waals surface area contributed by atoms with Crippen molar-refractivity contribution in [1.82, 2.24) is 0 Å². The van der Waals surface area contributed by atoms with Crippen molar-refractivity contribution in [3.05, 3.63) is 0 Å². The molecule has 0 bridgehead atoms. The van der Waals surface area contributed by atoms with Crippen molar-refractivity contribution < 1.29 is 34.3 Å². The lowest BCUT2D eigenvalue weighted by molar-refractivity contribution is -0.520. The van der Waals surface area contributed by atoms with E-state index in [9.17, 15) is 15.3 Å². The molecule has 15 heavy (non-hydrogen) atoms. The smallest absolute Gasteiger partial charge is 0.343 e. The third-order valence-electron chi connectivity index (χ3n) is 2.30. The van der Waals surface area contributed by atoms with Gasteiger partial charge in [0.2, 0.25) is 5.79 Å². The Balaban J connectivity index is 5.33. The predicted octanol–water partition coefficient (Wildman–Crippen LogP) is -1.38. The van der Waals surface area contributed by atoms with Gasteiger partial charge in [0.15, 0.2) is 0 Å². The monoisotopic (exact) mass is 226 g/mol. The van der Waals surface area contributed by atoms with Gasteiger partial charge in [-0.1, -0.05) is 0 Å². The summed E-state index contributed by atoms with van der Waals surface area (Å²) >= 11 is 0. The summed E-state index contributed by atoms with van der Waals surface area (Å²) < 4.78 is 18.3. The second-order valence-electron chi connectivity index (χ2n) is 3.03. The molecule has 0 aromatic rings. The molecule has 0 aromatic carbocycles. The molecule has 0 aliphatic heterocycles. The maximum atomic E-state index is 9.97. The summed E-state index contributed by atoms with van der Waals surface area (Å²) in [5.41, 5.74) is 0. The first-order valence-electron chi connectivity index (χ1n) is 4.12. The van der Waals surface area contributed by atoms with Gasteiger partial charge in [-0.2, -0.15) is 0 Å². The topological polar surface area (TPSA) is 97.6 Å². The zero-order valence-electron chi connectivity index (χ0n) is 9.47. The average Bonchev–Trinajstić information content (AvgIpc) is 2.26. The van der Waals surface area contributed by atoms with E-state index in [0.29, 0.717) is 0 Å². The van der Waals surface area contributed by atoms with Gasteiger partial charge in [0.25, 0.3) is 0 Å². The number of hydrogen-bond acceptors (Lipinski definition) is 7. The summed E-state index contributed by atoms with van der Waals surface area (Å²) in [5.74, 6) is -7.41. The maximum absolute atomic E-state index is 9.97. The first-order chi connectivity index (χ1) is 6.74. The van der Waals surface area contributed by atoms with Crippen molar-refractivity contribution in [2.24, 2.45) is 0 Å². The van der Waals surface area contributed by atoms with Crippen LogP contribution < -0.4 is 0 Å². The van der Waals surface area contributed by atoms with Crippen LogP contribution in [0.1, 0.15) is 6.92 Å². The molecule has 0 fully saturated rings. The van der Waals surface area contributed by atoms with Gasteiger partial charge >= 0.3 is 11.8 Å². The minimum Gasteiger partial charge on any atom is -0.361 e. The van der Waals surface area contributed by atoms with E-state index in [0.717, 1.165) is 35.4 Å². The molecule has 0 aliphatic rings. The third-order valence-corrected chi connectivity index (χ3v) is 2.30. The number of aliphatic hydroxyl groups is 3. The molecular weight excluding hydrogens is 208 g/mol. The summed E-state index contributed by atoms with van der Waals surface area (Å²) in [6, 6.07) is 0. The highest BCUT2D eigenvalue weighted by atomic mass is 16.9. The molecule has 0 spiro atoms. The van der Waals surface area contributed by atoms with Gasteiger partial charge in [-0.05, 0) is 6.92 Å². The van der Waals surface area contributed by atoms with Crippen LogP contribution in [0.3, 0.4) is 0 Å². The van der Waals surface area contributed by atoms with Crippen LogP contribution in [0.5, 0.6) is 0 Å². The molecule has 0 radical (unpaired) electrons. The summed E-state index contributed by atoms with van der Waals surface area (Å²) in [6.45, 7) is 1.08. The molecule has 7 heteroatoms. The van der Waals surface area contributed by atoms with Gasteiger partial charge in [0, 0.05) is 28.4 Å². The second-order valence-corrected chi connectivity index (χ2v) is 3.03. The lowest BCUT2D eigenvalue weighted by atomic mass is 10.1. The predicted molar refractivity (Wildman–Crippen MR) is 48.6 cm³/mol. The van der Waals surface area contributed by atoms with Crippen LogP contribution in [-0.2, 0) is 18.9 Å². The quantitative estimate of drug-likeness (QED) is 0.480. The lowest BCUT2D eigenvalue weighted by Crippen LogP contribution is -2.70. The first kappa shape index (κ1) is 14.7. The van der Waals surface area contributed by atoms with Crippen LogP contribution in [0.25, 0.3) is 0 Å². The van der Waals surface area contributed by atoms with Crippen LogP contribution in [0.2, 0.25) is 0 Å². The molecule has 3 N–H and O–H groups in total. The summed E-state index contributed by atoms with van der Waals surface area (Å²) in [4.78, 5) is 0. The second kappa shape index (κ2) is 4.71. The van der Waals surface area contributed by atoms with E-state index in [1.54, 1.807) is 0 Å². The van der Waals surface area contributed by atoms with Crippen molar-refractivity contribution in [1.29, 1.82) is 0 Å². The Morgan fingerprint density at radius 2 is 1.13 bits per heavy atom. The molecule has 0 amide bonds. The lowest BCUT2D eigenvalue weighted by Gasteiger charge is -2.45. The molecule has 2 atom stereocenters. The Labute approximate surface area is 88.1 Å². The number of rotatable bonds is 6. The number of hydrogen-bond donors (Lipinski definition) is 3. The third kappa shape index (κ3) is 2.13. The Hall–Kier alpha value is -0.280. The molecule has 92 valence electrons. The van der Waals surface area contributed by atoms with Crippen LogP contribution in [0.4, 0.5) is 0 Å².